The van der Waals surface area contributed by atoms with E-state index in [0.717, 1.165) is 10.0 Å². The lowest BCUT2D eigenvalue weighted by molar-refractivity contribution is 0.147. The van der Waals surface area contributed by atoms with E-state index in [0.29, 0.717) is 17.1 Å². The predicted molar refractivity (Wildman–Crippen MR) is 82.3 cm³/mol. The van der Waals surface area contributed by atoms with Gasteiger partial charge in [-0.15, -0.1) is 0 Å². The maximum absolute atomic E-state index is 10.6. The van der Waals surface area contributed by atoms with Gasteiger partial charge in [-0.05, 0) is 27.6 Å². The first-order valence-corrected chi connectivity index (χ1v) is 7.19. The van der Waals surface area contributed by atoms with Crippen molar-refractivity contribution < 1.29 is 5.11 Å². The first-order valence-electron chi connectivity index (χ1n) is 6.02. The van der Waals surface area contributed by atoms with Gasteiger partial charge in [-0.3, -0.25) is 0 Å². The zero-order chi connectivity index (χ0) is 13.8. The van der Waals surface area contributed by atoms with Gasteiger partial charge in [0, 0.05) is 22.5 Å². The van der Waals surface area contributed by atoms with Crippen molar-refractivity contribution in [1.82, 2.24) is 0 Å². The molecular weight excluding hydrogens is 326 g/mol. The lowest BCUT2D eigenvalue weighted by Gasteiger charge is -2.23. The molecule has 0 aliphatic heterocycles. The lowest BCUT2D eigenvalue weighted by atomic mass is 9.89. The van der Waals surface area contributed by atoms with E-state index in [4.69, 9.17) is 17.3 Å². The van der Waals surface area contributed by atoms with Crippen LogP contribution in [0.3, 0.4) is 0 Å². The van der Waals surface area contributed by atoms with E-state index in [1.54, 1.807) is 0 Å². The minimum absolute atomic E-state index is 0.173. The minimum atomic E-state index is -0.725. The highest BCUT2D eigenvalue weighted by Crippen LogP contribution is 2.36. The second-order valence-corrected chi connectivity index (χ2v) is 5.57. The molecule has 0 saturated heterocycles. The molecule has 0 radical (unpaired) electrons. The van der Waals surface area contributed by atoms with Crippen LogP contribution in [0, 0.1) is 0 Å². The van der Waals surface area contributed by atoms with Crippen molar-refractivity contribution in [3.8, 4) is 0 Å². The highest BCUT2D eigenvalue weighted by molar-refractivity contribution is 9.10. The molecule has 3 N–H and O–H groups in total. The summed E-state index contributed by atoms with van der Waals surface area (Å²) < 4.78 is 0.773. The van der Waals surface area contributed by atoms with Gasteiger partial charge >= 0.3 is 0 Å². The number of rotatable bonds is 4. The Hall–Kier alpha value is -0.870. The van der Waals surface area contributed by atoms with Gasteiger partial charge in [0.05, 0.1) is 11.1 Å². The van der Waals surface area contributed by atoms with Gasteiger partial charge in [-0.2, -0.15) is 0 Å². The summed E-state index contributed by atoms with van der Waals surface area (Å²) in [5, 5.41) is 11.1. The van der Waals surface area contributed by atoms with Crippen molar-refractivity contribution in [1.29, 1.82) is 0 Å². The zero-order valence-corrected chi connectivity index (χ0v) is 12.6. The summed E-state index contributed by atoms with van der Waals surface area (Å²) in [7, 11) is 0. The van der Waals surface area contributed by atoms with Gasteiger partial charge in [0.15, 0.2) is 0 Å². The monoisotopic (exact) mass is 339 g/mol. The Morgan fingerprint density at radius 3 is 2.42 bits per heavy atom. The normalized spacial score (nSPS) is 14.1. The van der Waals surface area contributed by atoms with E-state index < -0.39 is 6.10 Å². The van der Waals surface area contributed by atoms with Crippen molar-refractivity contribution in [2.75, 3.05) is 6.54 Å². The van der Waals surface area contributed by atoms with Crippen LogP contribution in [0.4, 0.5) is 0 Å². The smallest absolute Gasteiger partial charge is 0.0885 e. The maximum Gasteiger partial charge on any atom is 0.0885 e. The number of hydrogen-bond donors (Lipinski definition) is 2. The molecule has 2 atom stereocenters. The van der Waals surface area contributed by atoms with E-state index in [2.05, 4.69) is 15.9 Å². The van der Waals surface area contributed by atoms with Crippen LogP contribution in [0.15, 0.2) is 53.0 Å². The van der Waals surface area contributed by atoms with Crippen LogP contribution >= 0.6 is 27.5 Å². The van der Waals surface area contributed by atoms with Crippen molar-refractivity contribution in [2.45, 2.75) is 12.0 Å². The average Bonchev–Trinajstić information content (AvgIpc) is 2.44. The molecule has 0 aromatic heterocycles. The van der Waals surface area contributed by atoms with Crippen LogP contribution in [0.5, 0.6) is 0 Å². The molecule has 0 spiro atoms. The molecule has 19 heavy (non-hydrogen) atoms. The van der Waals surface area contributed by atoms with Crippen LogP contribution in [-0.2, 0) is 0 Å². The first kappa shape index (κ1) is 14.5. The van der Waals surface area contributed by atoms with Gasteiger partial charge in [-0.25, -0.2) is 0 Å². The third-order valence-electron chi connectivity index (χ3n) is 3.16. The second kappa shape index (κ2) is 6.53. The SMILES string of the molecule is NCC(c1ccccc1)C(O)c1cccc(Br)c1Cl. The van der Waals surface area contributed by atoms with E-state index >= 15 is 0 Å². The molecule has 4 heteroatoms. The Balaban J connectivity index is 2.36. The topological polar surface area (TPSA) is 46.2 Å². The van der Waals surface area contributed by atoms with Gasteiger partial charge in [0.25, 0.3) is 0 Å². The Morgan fingerprint density at radius 2 is 1.79 bits per heavy atom. The molecule has 0 fully saturated rings. The summed E-state index contributed by atoms with van der Waals surface area (Å²) >= 11 is 9.60. The quantitative estimate of drug-likeness (QED) is 0.887. The summed E-state index contributed by atoms with van der Waals surface area (Å²) in [6, 6.07) is 15.3. The van der Waals surface area contributed by atoms with E-state index in [-0.39, 0.29) is 5.92 Å². The third-order valence-corrected chi connectivity index (χ3v) is 4.47. The lowest BCUT2D eigenvalue weighted by Crippen LogP contribution is -2.20. The Kier molecular flexibility index (Phi) is 4.99. The van der Waals surface area contributed by atoms with E-state index in [1.165, 1.54) is 0 Å². The molecule has 0 aliphatic rings. The van der Waals surface area contributed by atoms with Gasteiger partial charge < -0.3 is 10.8 Å². The summed E-state index contributed by atoms with van der Waals surface area (Å²) in [6.45, 7) is 0.355. The van der Waals surface area contributed by atoms with Crippen LogP contribution < -0.4 is 5.73 Å². The second-order valence-electron chi connectivity index (χ2n) is 4.34. The molecule has 2 aromatic rings. The molecule has 0 saturated carbocycles. The number of aliphatic hydroxyl groups is 1. The molecule has 0 amide bonds. The number of hydrogen-bond acceptors (Lipinski definition) is 2. The highest BCUT2D eigenvalue weighted by atomic mass is 79.9. The van der Waals surface area contributed by atoms with Crippen molar-refractivity contribution >= 4 is 27.5 Å². The molecule has 0 heterocycles. The third kappa shape index (κ3) is 3.18. The van der Waals surface area contributed by atoms with Gasteiger partial charge in [0.2, 0.25) is 0 Å². The van der Waals surface area contributed by atoms with Gasteiger partial charge in [-0.1, -0.05) is 54.1 Å². The number of nitrogens with two attached hydrogens (primary N) is 1. The molecule has 2 nitrogen and oxygen atoms in total. The average molecular weight is 341 g/mol. The first-order chi connectivity index (χ1) is 9.15. The predicted octanol–water partition coefficient (Wildman–Crippen LogP) is 3.88. The van der Waals surface area contributed by atoms with Gasteiger partial charge in [0.1, 0.15) is 0 Å². The molecule has 0 aliphatic carbocycles. The van der Waals surface area contributed by atoms with Crippen molar-refractivity contribution in [2.24, 2.45) is 5.73 Å². The number of halogens is 2. The largest absolute Gasteiger partial charge is 0.388 e. The summed E-state index contributed by atoms with van der Waals surface area (Å²) in [5.41, 5.74) is 7.51. The summed E-state index contributed by atoms with van der Waals surface area (Å²) in [4.78, 5) is 0. The van der Waals surface area contributed by atoms with Crippen molar-refractivity contribution in [3.63, 3.8) is 0 Å². The highest BCUT2D eigenvalue weighted by Gasteiger charge is 2.23. The van der Waals surface area contributed by atoms with Crippen LogP contribution in [0.25, 0.3) is 0 Å². The Morgan fingerprint density at radius 1 is 1.11 bits per heavy atom. The van der Waals surface area contributed by atoms with E-state index in [1.807, 2.05) is 48.5 Å². The number of benzene rings is 2. The molecule has 2 aromatic carbocycles. The van der Waals surface area contributed by atoms with E-state index in [9.17, 15) is 5.11 Å². The number of aliphatic hydroxyl groups excluding tert-OH is 1. The standard InChI is InChI=1S/C15H15BrClNO/c16-13-8-4-7-11(14(13)17)15(19)12(9-18)10-5-2-1-3-6-10/h1-8,12,15,19H,9,18H2. The summed E-state index contributed by atoms with van der Waals surface area (Å²) in [5.74, 6) is -0.173. The molecular formula is C15H15BrClNO. The maximum atomic E-state index is 10.6. The van der Waals surface area contributed by atoms with Crippen LogP contribution in [-0.4, -0.2) is 11.7 Å². The fourth-order valence-corrected chi connectivity index (χ4v) is 2.73. The molecule has 100 valence electrons. The fraction of sp³-hybridized carbons (Fsp3) is 0.200. The van der Waals surface area contributed by atoms with Crippen LogP contribution in [0.1, 0.15) is 23.1 Å². The Labute approximate surface area is 126 Å². The fourth-order valence-electron chi connectivity index (χ4n) is 2.11. The van der Waals surface area contributed by atoms with Crippen molar-refractivity contribution in [3.05, 3.63) is 69.2 Å². The molecule has 2 unspecified atom stereocenters. The minimum Gasteiger partial charge on any atom is -0.388 e. The Bertz CT molecular complexity index is 547. The van der Waals surface area contributed by atoms with Crippen LogP contribution in [0.2, 0.25) is 5.02 Å². The molecule has 2 rings (SSSR count). The summed E-state index contributed by atoms with van der Waals surface area (Å²) in [6.07, 6.45) is -0.725. The zero-order valence-electron chi connectivity index (χ0n) is 10.3. The molecule has 0 bridgehead atoms.